The molecule has 1 saturated heterocycles. The number of hydrogen-bond acceptors (Lipinski definition) is 3. The zero-order valence-corrected chi connectivity index (χ0v) is 9.37. The van der Waals surface area contributed by atoms with Gasteiger partial charge in [0, 0.05) is 46.4 Å². The molecular weight excluding hydrogens is 176 g/mol. The fourth-order valence-corrected chi connectivity index (χ4v) is 1.89. The Morgan fingerprint density at radius 3 is 2.14 bits per heavy atom. The second-order valence-corrected chi connectivity index (χ2v) is 3.88. The van der Waals surface area contributed by atoms with Gasteiger partial charge in [0.2, 0.25) is 0 Å². The predicted octanol–water partition coefficient (Wildman–Crippen LogP) is 0.865. The van der Waals surface area contributed by atoms with Gasteiger partial charge >= 0.3 is 0 Å². The normalized spacial score (nSPS) is 20.1. The number of methoxy groups -OCH3 is 1. The lowest BCUT2D eigenvalue weighted by Crippen LogP contribution is -2.46. The standard InChI is InChI=1S/C11H23N2O/c1-3-5-12-7-9-13(10-8-12)6-4-11-14-2/h1,3-11H2,2H3. The highest BCUT2D eigenvalue weighted by atomic mass is 16.5. The number of ether oxygens (including phenoxy) is 1. The first-order valence-corrected chi connectivity index (χ1v) is 5.59. The van der Waals surface area contributed by atoms with Gasteiger partial charge < -0.3 is 14.5 Å². The number of rotatable bonds is 6. The van der Waals surface area contributed by atoms with Crippen molar-refractivity contribution >= 4 is 0 Å². The van der Waals surface area contributed by atoms with Crippen LogP contribution in [0.15, 0.2) is 0 Å². The van der Waals surface area contributed by atoms with Gasteiger partial charge in [-0.1, -0.05) is 6.92 Å². The summed E-state index contributed by atoms with van der Waals surface area (Å²) in [5, 5.41) is 0. The van der Waals surface area contributed by atoms with Crippen molar-refractivity contribution < 1.29 is 4.74 Å². The molecule has 0 unspecified atom stereocenters. The molecule has 3 nitrogen and oxygen atoms in total. The summed E-state index contributed by atoms with van der Waals surface area (Å²) in [7, 11) is 1.77. The van der Waals surface area contributed by atoms with Crippen molar-refractivity contribution in [3.8, 4) is 0 Å². The van der Waals surface area contributed by atoms with Gasteiger partial charge in [0.05, 0.1) is 0 Å². The molecule has 0 bridgehead atoms. The largest absolute Gasteiger partial charge is 0.385 e. The van der Waals surface area contributed by atoms with Crippen molar-refractivity contribution in [2.75, 3.05) is 53.0 Å². The van der Waals surface area contributed by atoms with Crippen molar-refractivity contribution in [3.63, 3.8) is 0 Å². The van der Waals surface area contributed by atoms with E-state index in [1.165, 1.54) is 32.7 Å². The highest BCUT2D eigenvalue weighted by molar-refractivity contribution is 4.71. The van der Waals surface area contributed by atoms with Crippen LogP contribution in [0.25, 0.3) is 0 Å². The molecule has 14 heavy (non-hydrogen) atoms. The summed E-state index contributed by atoms with van der Waals surface area (Å²) >= 11 is 0. The summed E-state index contributed by atoms with van der Waals surface area (Å²) in [6.45, 7) is 12.0. The molecule has 1 aliphatic rings. The number of hydrogen-bond donors (Lipinski definition) is 0. The topological polar surface area (TPSA) is 15.7 Å². The lowest BCUT2D eigenvalue weighted by atomic mass is 10.3. The van der Waals surface area contributed by atoms with Crippen molar-refractivity contribution in [1.29, 1.82) is 0 Å². The Labute approximate surface area is 88.0 Å². The second-order valence-electron chi connectivity index (χ2n) is 3.88. The smallest absolute Gasteiger partial charge is 0.0474 e. The van der Waals surface area contributed by atoms with Crippen LogP contribution in [-0.2, 0) is 4.74 Å². The molecule has 0 spiro atoms. The van der Waals surface area contributed by atoms with Crippen molar-refractivity contribution in [1.82, 2.24) is 9.80 Å². The molecule has 1 heterocycles. The first kappa shape index (κ1) is 12.0. The minimum absolute atomic E-state index is 0.888. The monoisotopic (exact) mass is 199 g/mol. The molecule has 0 aromatic rings. The molecule has 0 amide bonds. The van der Waals surface area contributed by atoms with Gasteiger partial charge in [-0.15, -0.1) is 0 Å². The van der Waals surface area contributed by atoms with Crippen LogP contribution in [0, 0.1) is 6.92 Å². The molecule has 1 rings (SSSR count). The molecule has 1 fully saturated rings. The van der Waals surface area contributed by atoms with Crippen LogP contribution >= 0.6 is 0 Å². The van der Waals surface area contributed by atoms with Gasteiger partial charge in [0.15, 0.2) is 0 Å². The fraction of sp³-hybridized carbons (Fsp3) is 0.909. The van der Waals surface area contributed by atoms with E-state index < -0.39 is 0 Å². The fourth-order valence-electron chi connectivity index (χ4n) is 1.89. The average Bonchev–Trinajstić information content (AvgIpc) is 2.21. The summed E-state index contributed by atoms with van der Waals surface area (Å²) in [5.74, 6) is 0. The molecule has 1 aliphatic heterocycles. The van der Waals surface area contributed by atoms with Crippen molar-refractivity contribution in [2.45, 2.75) is 12.8 Å². The van der Waals surface area contributed by atoms with Crippen LogP contribution < -0.4 is 0 Å². The second kappa shape index (κ2) is 7.21. The number of nitrogens with zero attached hydrogens (tertiary/aromatic N) is 2. The molecule has 83 valence electrons. The zero-order chi connectivity index (χ0) is 10.2. The van der Waals surface area contributed by atoms with Gasteiger partial charge in [-0.3, -0.25) is 0 Å². The van der Waals surface area contributed by atoms with E-state index in [1.807, 2.05) is 0 Å². The van der Waals surface area contributed by atoms with Crippen LogP contribution in [-0.4, -0.2) is 62.8 Å². The Hall–Kier alpha value is -0.120. The van der Waals surface area contributed by atoms with E-state index >= 15 is 0 Å². The highest BCUT2D eigenvalue weighted by Crippen LogP contribution is 2.02. The van der Waals surface area contributed by atoms with E-state index in [1.54, 1.807) is 7.11 Å². The predicted molar refractivity (Wildman–Crippen MR) is 59.3 cm³/mol. The van der Waals surface area contributed by atoms with Crippen LogP contribution in [0.5, 0.6) is 0 Å². The Morgan fingerprint density at radius 2 is 1.64 bits per heavy atom. The first-order chi connectivity index (χ1) is 6.86. The number of piperazine rings is 1. The van der Waals surface area contributed by atoms with E-state index in [0.29, 0.717) is 0 Å². The SMILES string of the molecule is [CH2]CCN1CCN(CCCOC)CC1. The maximum atomic E-state index is 5.05. The zero-order valence-electron chi connectivity index (χ0n) is 9.37. The minimum Gasteiger partial charge on any atom is -0.385 e. The van der Waals surface area contributed by atoms with E-state index in [2.05, 4.69) is 16.7 Å². The third kappa shape index (κ3) is 4.40. The summed E-state index contributed by atoms with van der Waals surface area (Å²) in [5.41, 5.74) is 0. The lowest BCUT2D eigenvalue weighted by Gasteiger charge is -2.34. The van der Waals surface area contributed by atoms with Gasteiger partial charge in [0.25, 0.3) is 0 Å². The maximum absolute atomic E-state index is 5.05. The highest BCUT2D eigenvalue weighted by Gasteiger charge is 2.14. The third-order valence-electron chi connectivity index (χ3n) is 2.76. The van der Waals surface area contributed by atoms with E-state index in [9.17, 15) is 0 Å². The average molecular weight is 199 g/mol. The minimum atomic E-state index is 0.888. The summed E-state index contributed by atoms with van der Waals surface area (Å²) in [6, 6.07) is 0. The molecule has 0 aliphatic carbocycles. The van der Waals surface area contributed by atoms with Crippen LogP contribution in [0.1, 0.15) is 12.8 Å². The quantitative estimate of drug-likeness (QED) is 0.590. The van der Waals surface area contributed by atoms with Crippen LogP contribution in [0.2, 0.25) is 0 Å². The summed E-state index contributed by atoms with van der Waals surface area (Å²) in [4.78, 5) is 5.03. The third-order valence-corrected chi connectivity index (χ3v) is 2.76. The summed E-state index contributed by atoms with van der Waals surface area (Å²) in [6.07, 6.45) is 2.19. The Bertz CT molecular complexity index is 133. The van der Waals surface area contributed by atoms with E-state index in [-0.39, 0.29) is 0 Å². The molecule has 3 heteroatoms. The van der Waals surface area contributed by atoms with Crippen LogP contribution in [0.3, 0.4) is 0 Å². The molecule has 1 radical (unpaired) electrons. The molecule has 0 saturated carbocycles. The molecule has 0 aromatic heterocycles. The maximum Gasteiger partial charge on any atom is 0.0474 e. The van der Waals surface area contributed by atoms with E-state index in [4.69, 9.17) is 4.74 Å². The van der Waals surface area contributed by atoms with Gasteiger partial charge in [0.1, 0.15) is 0 Å². The summed E-state index contributed by atoms with van der Waals surface area (Å²) < 4.78 is 5.05. The van der Waals surface area contributed by atoms with Gasteiger partial charge in [-0.05, 0) is 19.4 Å². The molecule has 0 N–H and O–H groups in total. The Balaban J connectivity index is 2.03. The molecule has 0 atom stereocenters. The van der Waals surface area contributed by atoms with Crippen molar-refractivity contribution in [3.05, 3.63) is 6.92 Å². The Morgan fingerprint density at radius 1 is 1.07 bits per heavy atom. The molecule has 0 aromatic carbocycles. The molecular formula is C11H23N2O. The lowest BCUT2D eigenvalue weighted by molar-refractivity contribution is 0.118. The van der Waals surface area contributed by atoms with Gasteiger partial charge in [-0.25, -0.2) is 0 Å². The first-order valence-electron chi connectivity index (χ1n) is 5.59. The Kier molecular flexibility index (Phi) is 6.15. The van der Waals surface area contributed by atoms with Crippen LogP contribution in [0.4, 0.5) is 0 Å². The van der Waals surface area contributed by atoms with Gasteiger partial charge in [-0.2, -0.15) is 0 Å². The van der Waals surface area contributed by atoms with E-state index in [0.717, 1.165) is 26.0 Å². The van der Waals surface area contributed by atoms with Crippen molar-refractivity contribution in [2.24, 2.45) is 0 Å².